The van der Waals surface area contributed by atoms with Gasteiger partial charge in [0.25, 0.3) is 11.5 Å². The van der Waals surface area contributed by atoms with Crippen molar-refractivity contribution >= 4 is 16.8 Å². The third-order valence-corrected chi connectivity index (χ3v) is 5.54. The first-order valence-corrected chi connectivity index (χ1v) is 10.0. The molecule has 1 aliphatic heterocycles. The van der Waals surface area contributed by atoms with Crippen LogP contribution in [0.5, 0.6) is 0 Å². The lowest BCUT2D eigenvalue weighted by molar-refractivity contribution is 0.0696. The molecule has 30 heavy (non-hydrogen) atoms. The molecule has 1 aliphatic rings. The van der Waals surface area contributed by atoms with Crippen LogP contribution < -0.4 is 16.6 Å². The zero-order valence-corrected chi connectivity index (χ0v) is 16.7. The van der Waals surface area contributed by atoms with Crippen LogP contribution in [0.3, 0.4) is 0 Å². The second kappa shape index (κ2) is 8.23. The molecule has 3 aromatic rings. The first-order valence-electron chi connectivity index (χ1n) is 10.0. The molecular formula is C22H23FN4O3. The molecule has 2 N–H and O–H groups in total. The highest BCUT2D eigenvalue weighted by atomic mass is 19.1. The molecular weight excluding hydrogens is 387 g/mol. The lowest BCUT2D eigenvalue weighted by Gasteiger charge is -2.33. The Bertz CT molecular complexity index is 1220. The smallest absolute Gasteiger partial charge is 0.329 e. The molecule has 1 aromatic heterocycles. The van der Waals surface area contributed by atoms with Gasteiger partial charge in [-0.05, 0) is 36.2 Å². The number of nitrogens with zero attached hydrogens (tertiary/aromatic N) is 2. The minimum atomic E-state index is -0.589. The second-order valence-electron chi connectivity index (χ2n) is 7.49. The van der Waals surface area contributed by atoms with E-state index in [1.807, 2.05) is 6.92 Å². The average Bonchev–Trinajstić information content (AvgIpc) is 2.77. The molecule has 1 fully saturated rings. The van der Waals surface area contributed by atoms with Crippen LogP contribution in [0.2, 0.25) is 0 Å². The molecule has 1 saturated heterocycles. The summed E-state index contributed by atoms with van der Waals surface area (Å²) in [7, 11) is 0. The van der Waals surface area contributed by atoms with E-state index in [1.54, 1.807) is 35.2 Å². The third-order valence-electron chi connectivity index (χ3n) is 5.54. The number of halogens is 1. The van der Waals surface area contributed by atoms with Crippen molar-refractivity contribution in [2.24, 2.45) is 0 Å². The quantitative estimate of drug-likeness (QED) is 0.686. The first-order chi connectivity index (χ1) is 14.5. The van der Waals surface area contributed by atoms with Crippen molar-refractivity contribution in [2.75, 3.05) is 19.6 Å². The van der Waals surface area contributed by atoms with Crippen molar-refractivity contribution in [1.82, 2.24) is 19.8 Å². The Morgan fingerprint density at radius 2 is 2.00 bits per heavy atom. The fourth-order valence-electron chi connectivity index (χ4n) is 3.87. The summed E-state index contributed by atoms with van der Waals surface area (Å²) in [6.45, 7) is 3.87. The van der Waals surface area contributed by atoms with E-state index < -0.39 is 17.1 Å². The maximum absolute atomic E-state index is 14.5. The monoisotopic (exact) mass is 410 g/mol. The number of carbonyl (C=O) groups is 1. The lowest BCUT2D eigenvalue weighted by atomic mass is 10.1. The predicted molar refractivity (Wildman–Crippen MR) is 112 cm³/mol. The van der Waals surface area contributed by atoms with Gasteiger partial charge < -0.3 is 10.2 Å². The summed E-state index contributed by atoms with van der Waals surface area (Å²) < 4.78 is 15.9. The molecule has 0 radical (unpaired) electrons. The highest BCUT2D eigenvalue weighted by molar-refractivity contribution is 5.94. The molecule has 0 unspecified atom stereocenters. The van der Waals surface area contributed by atoms with Gasteiger partial charge in [-0.3, -0.25) is 19.1 Å². The number of H-pyrrole nitrogens is 1. The summed E-state index contributed by atoms with van der Waals surface area (Å²) >= 11 is 0. The average molecular weight is 410 g/mol. The van der Waals surface area contributed by atoms with E-state index in [0.717, 1.165) is 6.42 Å². The number of para-hydroxylation sites is 1. The van der Waals surface area contributed by atoms with Gasteiger partial charge in [-0.2, -0.15) is 0 Å². The summed E-state index contributed by atoms with van der Waals surface area (Å²) in [6, 6.07) is 11.3. The van der Waals surface area contributed by atoms with Crippen molar-refractivity contribution in [2.45, 2.75) is 25.9 Å². The molecule has 2 heterocycles. The highest BCUT2D eigenvalue weighted by Gasteiger charge is 2.25. The van der Waals surface area contributed by atoms with Gasteiger partial charge in [0.15, 0.2) is 0 Å². The SMILES string of the molecule is CC[C@H]1CN(C(=O)c2cc(Cn3c(=O)[nH]c(=O)c4ccccc43)ccc2F)CCN1. The van der Waals surface area contributed by atoms with Gasteiger partial charge in [0.2, 0.25) is 0 Å². The number of piperazine rings is 1. The number of rotatable bonds is 4. The predicted octanol–water partition coefficient (Wildman–Crippen LogP) is 1.70. The number of hydrogen-bond acceptors (Lipinski definition) is 4. The Kier molecular flexibility index (Phi) is 5.50. The van der Waals surface area contributed by atoms with Gasteiger partial charge in [0.05, 0.1) is 23.0 Å². The van der Waals surface area contributed by atoms with Crippen molar-refractivity contribution in [1.29, 1.82) is 0 Å². The Labute approximate surface area is 172 Å². The minimum Gasteiger partial charge on any atom is -0.336 e. The number of aromatic nitrogens is 2. The van der Waals surface area contributed by atoms with Gasteiger partial charge in [0.1, 0.15) is 5.82 Å². The number of amides is 1. The van der Waals surface area contributed by atoms with Gasteiger partial charge in [-0.1, -0.05) is 25.1 Å². The maximum Gasteiger partial charge on any atom is 0.329 e. The number of nitrogens with one attached hydrogen (secondary N) is 2. The number of fused-ring (bicyclic) bond motifs is 1. The molecule has 0 spiro atoms. The van der Waals surface area contributed by atoms with E-state index >= 15 is 0 Å². The van der Waals surface area contributed by atoms with Gasteiger partial charge in [-0.15, -0.1) is 0 Å². The third kappa shape index (κ3) is 3.78. The number of hydrogen-bond donors (Lipinski definition) is 2. The summed E-state index contributed by atoms with van der Waals surface area (Å²) in [6.07, 6.45) is 0.883. The number of benzene rings is 2. The van der Waals surface area contributed by atoms with Gasteiger partial charge in [-0.25, -0.2) is 9.18 Å². The van der Waals surface area contributed by atoms with Crippen LogP contribution in [0.4, 0.5) is 4.39 Å². The maximum atomic E-state index is 14.5. The summed E-state index contributed by atoms with van der Waals surface area (Å²) in [5.74, 6) is -0.943. The van der Waals surface area contributed by atoms with Gasteiger partial charge >= 0.3 is 5.69 Å². The second-order valence-corrected chi connectivity index (χ2v) is 7.49. The van der Waals surface area contributed by atoms with Crippen molar-refractivity contribution in [3.8, 4) is 0 Å². The zero-order chi connectivity index (χ0) is 21.3. The van der Waals surface area contributed by atoms with Crippen LogP contribution in [0.1, 0.15) is 29.3 Å². The molecule has 1 amide bonds. The normalized spacial score (nSPS) is 16.7. The Balaban J connectivity index is 1.68. The summed E-state index contributed by atoms with van der Waals surface area (Å²) in [4.78, 5) is 41.4. The van der Waals surface area contributed by atoms with Crippen LogP contribution in [-0.2, 0) is 6.54 Å². The van der Waals surface area contributed by atoms with E-state index in [4.69, 9.17) is 0 Å². The largest absolute Gasteiger partial charge is 0.336 e. The Morgan fingerprint density at radius 3 is 2.80 bits per heavy atom. The van der Waals surface area contributed by atoms with E-state index in [2.05, 4.69) is 10.3 Å². The molecule has 4 rings (SSSR count). The van der Waals surface area contributed by atoms with Crippen LogP contribution in [0.25, 0.3) is 10.9 Å². The number of carbonyl (C=O) groups excluding carboxylic acids is 1. The highest BCUT2D eigenvalue weighted by Crippen LogP contribution is 2.17. The minimum absolute atomic E-state index is 0.00830. The molecule has 2 aromatic carbocycles. The molecule has 7 nitrogen and oxygen atoms in total. The Morgan fingerprint density at radius 1 is 1.20 bits per heavy atom. The molecule has 1 atom stereocenters. The standard InChI is InChI=1S/C22H23FN4O3/c1-2-15-13-26(10-9-24-15)21(29)17-11-14(7-8-18(17)23)12-27-19-6-4-3-5-16(19)20(28)25-22(27)30/h3-8,11,15,24H,2,9-10,12-13H2,1H3,(H,25,28,30)/t15-/m0/s1. The van der Waals surface area contributed by atoms with E-state index in [-0.39, 0.29) is 24.1 Å². The van der Waals surface area contributed by atoms with E-state index in [9.17, 15) is 18.8 Å². The summed E-state index contributed by atoms with van der Waals surface area (Å²) in [5, 5.41) is 3.73. The van der Waals surface area contributed by atoms with Crippen LogP contribution >= 0.6 is 0 Å². The van der Waals surface area contributed by atoms with Gasteiger partial charge in [0, 0.05) is 25.7 Å². The van der Waals surface area contributed by atoms with Crippen LogP contribution in [0, 0.1) is 5.82 Å². The fourth-order valence-corrected chi connectivity index (χ4v) is 3.87. The van der Waals surface area contributed by atoms with Crippen molar-refractivity contribution < 1.29 is 9.18 Å². The van der Waals surface area contributed by atoms with Crippen LogP contribution in [-0.4, -0.2) is 46.0 Å². The van der Waals surface area contributed by atoms with Crippen LogP contribution in [0.15, 0.2) is 52.1 Å². The number of aromatic amines is 1. The van der Waals surface area contributed by atoms with Crippen molar-refractivity contribution in [3.05, 3.63) is 80.2 Å². The molecule has 0 bridgehead atoms. The van der Waals surface area contributed by atoms with E-state index in [0.29, 0.717) is 36.1 Å². The molecule has 8 heteroatoms. The first kappa shape index (κ1) is 20.0. The molecule has 0 aliphatic carbocycles. The fraction of sp³-hybridized carbons (Fsp3) is 0.318. The van der Waals surface area contributed by atoms with Crippen molar-refractivity contribution in [3.63, 3.8) is 0 Å². The van der Waals surface area contributed by atoms with E-state index in [1.165, 1.54) is 16.7 Å². The topological polar surface area (TPSA) is 87.2 Å². The lowest BCUT2D eigenvalue weighted by Crippen LogP contribution is -2.52. The molecule has 0 saturated carbocycles. The molecule has 156 valence electrons. The zero-order valence-electron chi connectivity index (χ0n) is 16.7. The summed E-state index contributed by atoms with van der Waals surface area (Å²) in [5.41, 5.74) is 0.0680. The Hall–Kier alpha value is -3.26.